The largest absolute Gasteiger partial charge is 0.360 e. The molecule has 3 aromatic rings. The molecule has 1 aromatic carbocycles. The van der Waals surface area contributed by atoms with E-state index in [0.29, 0.717) is 30.4 Å². The zero-order valence-corrected chi connectivity index (χ0v) is 16.5. The van der Waals surface area contributed by atoms with Crippen LogP contribution in [-0.2, 0) is 19.5 Å². The van der Waals surface area contributed by atoms with Crippen LogP contribution >= 0.6 is 0 Å². The van der Waals surface area contributed by atoms with Gasteiger partial charge in [0.1, 0.15) is 11.5 Å². The molecular formula is C21H23N5O3. The van der Waals surface area contributed by atoms with E-state index in [0.717, 1.165) is 36.1 Å². The first kappa shape index (κ1) is 18.9. The summed E-state index contributed by atoms with van der Waals surface area (Å²) in [5.41, 5.74) is 3.29. The number of carbonyl (C=O) groups excluding carboxylic acids is 2. The van der Waals surface area contributed by atoms with Crippen molar-refractivity contribution >= 4 is 17.6 Å². The molecular weight excluding hydrogens is 370 g/mol. The third-order valence-corrected chi connectivity index (χ3v) is 5.11. The van der Waals surface area contributed by atoms with Gasteiger partial charge >= 0.3 is 0 Å². The molecule has 8 heteroatoms. The van der Waals surface area contributed by atoms with Crippen LogP contribution in [0.15, 0.2) is 34.9 Å². The fourth-order valence-electron chi connectivity index (χ4n) is 3.56. The normalized spacial score (nSPS) is 13.0. The van der Waals surface area contributed by atoms with E-state index < -0.39 is 5.91 Å². The van der Waals surface area contributed by atoms with E-state index in [-0.39, 0.29) is 11.7 Å². The number of nitrogens with zero attached hydrogens (tertiary/aromatic N) is 3. The Morgan fingerprint density at radius 1 is 1.17 bits per heavy atom. The van der Waals surface area contributed by atoms with Crippen LogP contribution in [0.25, 0.3) is 0 Å². The molecule has 2 amide bonds. The van der Waals surface area contributed by atoms with Gasteiger partial charge in [-0.05, 0) is 44.2 Å². The minimum absolute atomic E-state index is 0.224. The van der Waals surface area contributed by atoms with Crippen LogP contribution in [0.1, 0.15) is 56.5 Å². The molecule has 0 radical (unpaired) electrons. The lowest BCUT2D eigenvalue weighted by molar-refractivity contribution is 0.0945. The molecule has 0 saturated carbocycles. The number of imidazole rings is 1. The van der Waals surface area contributed by atoms with Crippen molar-refractivity contribution in [1.82, 2.24) is 20.0 Å². The number of anilines is 1. The number of carbonyl (C=O) groups is 2. The van der Waals surface area contributed by atoms with Gasteiger partial charge < -0.3 is 19.7 Å². The number of aromatic nitrogens is 3. The molecule has 1 aliphatic heterocycles. The summed E-state index contributed by atoms with van der Waals surface area (Å²) in [6, 6.07) is 9.54. The first-order valence-electron chi connectivity index (χ1n) is 9.69. The van der Waals surface area contributed by atoms with Crippen LogP contribution in [0.3, 0.4) is 0 Å². The molecule has 2 N–H and O–H groups in total. The number of hydrogen-bond donors (Lipinski definition) is 2. The Kier molecular flexibility index (Phi) is 5.16. The van der Waals surface area contributed by atoms with Gasteiger partial charge in [-0.15, -0.1) is 0 Å². The maximum Gasteiger partial charge on any atom is 0.292 e. The second-order valence-electron chi connectivity index (χ2n) is 7.23. The molecule has 29 heavy (non-hydrogen) atoms. The number of amides is 2. The van der Waals surface area contributed by atoms with E-state index in [1.54, 1.807) is 13.0 Å². The van der Waals surface area contributed by atoms with Crippen molar-refractivity contribution in [2.45, 2.75) is 46.2 Å². The minimum atomic E-state index is -0.403. The Bertz CT molecular complexity index is 1070. The minimum Gasteiger partial charge on any atom is -0.360 e. The van der Waals surface area contributed by atoms with Gasteiger partial charge in [0.2, 0.25) is 0 Å². The Morgan fingerprint density at radius 3 is 2.76 bits per heavy atom. The Labute approximate surface area is 168 Å². The van der Waals surface area contributed by atoms with Gasteiger partial charge in [-0.25, -0.2) is 4.98 Å². The smallest absolute Gasteiger partial charge is 0.292 e. The SMILES string of the molecule is Cc1cc(NC(=O)c2nc(C(=O)NCc3ccccc3C)c3n2CCCC3)no1. The van der Waals surface area contributed by atoms with E-state index >= 15 is 0 Å². The summed E-state index contributed by atoms with van der Waals surface area (Å²) in [5.74, 6) is 0.476. The van der Waals surface area contributed by atoms with Crippen LogP contribution in [0.2, 0.25) is 0 Å². The fourth-order valence-corrected chi connectivity index (χ4v) is 3.56. The highest BCUT2D eigenvalue weighted by Gasteiger charge is 2.27. The van der Waals surface area contributed by atoms with Gasteiger partial charge in [0.25, 0.3) is 11.8 Å². The maximum absolute atomic E-state index is 12.9. The van der Waals surface area contributed by atoms with E-state index in [2.05, 4.69) is 20.8 Å². The average molecular weight is 393 g/mol. The first-order chi connectivity index (χ1) is 14.0. The van der Waals surface area contributed by atoms with Crippen LogP contribution in [0.4, 0.5) is 5.82 Å². The molecule has 4 rings (SSSR count). The van der Waals surface area contributed by atoms with E-state index in [1.807, 2.05) is 35.8 Å². The summed E-state index contributed by atoms with van der Waals surface area (Å²) in [6.45, 7) is 4.83. The predicted octanol–water partition coefficient (Wildman–Crippen LogP) is 3.01. The second kappa shape index (κ2) is 7.90. The Balaban J connectivity index is 1.56. The number of aryl methyl sites for hydroxylation is 2. The van der Waals surface area contributed by atoms with Crippen molar-refractivity contribution in [3.05, 3.63) is 64.4 Å². The third kappa shape index (κ3) is 3.91. The standard InChI is InChI=1S/C21H23N5O3/c1-13-7-3-4-8-15(13)12-22-20(27)18-16-9-5-6-10-26(16)19(24-18)21(28)23-17-11-14(2)29-25-17/h3-4,7-8,11H,5-6,9-10,12H2,1-2H3,(H,22,27)(H,23,25,28). The highest BCUT2D eigenvalue weighted by molar-refractivity contribution is 6.03. The molecule has 8 nitrogen and oxygen atoms in total. The van der Waals surface area contributed by atoms with Crippen molar-refractivity contribution in [2.24, 2.45) is 0 Å². The summed E-state index contributed by atoms with van der Waals surface area (Å²) in [7, 11) is 0. The van der Waals surface area contributed by atoms with Crippen molar-refractivity contribution in [1.29, 1.82) is 0 Å². The van der Waals surface area contributed by atoms with E-state index in [9.17, 15) is 9.59 Å². The quantitative estimate of drug-likeness (QED) is 0.694. The van der Waals surface area contributed by atoms with E-state index in [4.69, 9.17) is 4.52 Å². The molecule has 3 heterocycles. The fraction of sp³-hybridized carbons (Fsp3) is 0.333. The summed E-state index contributed by atoms with van der Waals surface area (Å²) in [5, 5.41) is 9.41. The van der Waals surface area contributed by atoms with Crippen LogP contribution in [0.5, 0.6) is 0 Å². The molecule has 1 aliphatic rings. The number of nitrogens with one attached hydrogen (secondary N) is 2. The van der Waals surface area contributed by atoms with Crippen molar-refractivity contribution < 1.29 is 14.1 Å². The second-order valence-corrected chi connectivity index (χ2v) is 7.23. The molecule has 2 aromatic heterocycles. The monoisotopic (exact) mass is 393 g/mol. The summed E-state index contributed by atoms with van der Waals surface area (Å²) in [4.78, 5) is 30.0. The molecule has 0 saturated heterocycles. The molecule has 0 spiro atoms. The summed E-state index contributed by atoms with van der Waals surface area (Å²) < 4.78 is 6.83. The third-order valence-electron chi connectivity index (χ3n) is 5.11. The summed E-state index contributed by atoms with van der Waals surface area (Å²) >= 11 is 0. The van der Waals surface area contributed by atoms with Gasteiger partial charge in [-0.2, -0.15) is 0 Å². The molecule has 0 unspecified atom stereocenters. The highest BCUT2D eigenvalue weighted by atomic mass is 16.5. The number of hydrogen-bond acceptors (Lipinski definition) is 5. The van der Waals surface area contributed by atoms with Gasteiger partial charge in [0, 0.05) is 19.2 Å². The Morgan fingerprint density at radius 2 is 2.00 bits per heavy atom. The Hall–Kier alpha value is -3.42. The number of benzene rings is 1. The van der Waals surface area contributed by atoms with Gasteiger partial charge in [-0.3, -0.25) is 9.59 Å². The van der Waals surface area contributed by atoms with Crippen LogP contribution in [0, 0.1) is 13.8 Å². The lowest BCUT2D eigenvalue weighted by Crippen LogP contribution is -2.25. The average Bonchev–Trinajstić information content (AvgIpc) is 3.30. The van der Waals surface area contributed by atoms with Crippen LogP contribution in [-0.4, -0.2) is 26.5 Å². The van der Waals surface area contributed by atoms with Crippen molar-refractivity contribution in [3.8, 4) is 0 Å². The molecule has 0 atom stereocenters. The molecule has 0 aliphatic carbocycles. The molecule has 0 fully saturated rings. The molecule has 150 valence electrons. The zero-order valence-electron chi connectivity index (χ0n) is 16.5. The predicted molar refractivity (Wildman–Crippen MR) is 107 cm³/mol. The van der Waals surface area contributed by atoms with Gasteiger partial charge in [0.05, 0.1) is 5.69 Å². The van der Waals surface area contributed by atoms with Crippen LogP contribution < -0.4 is 10.6 Å². The molecule has 0 bridgehead atoms. The lowest BCUT2D eigenvalue weighted by Gasteiger charge is -2.17. The lowest BCUT2D eigenvalue weighted by atomic mass is 10.1. The van der Waals surface area contributed by atoms with Crippen molar-refractivity contribution in [2.75, 3.05) is 5.32 Å². The van der Waals surface area contributed by atoms with Gasteiger partial charge in [0.15, 0.2) is 11.6 Å². The first-order valence-corrected chi connectivity index (χ1v) is 9.69. The van der Waals surface area contributed by atoms with E-state index in [1.165, 1.54) is 0 Å². The van der Waals surface area contributed by atoms with Crippen molar-refractivity contribution in [3.63, 3.8) is 0 Å². The summed E-state index contributed by atoms with van der Waals surface area (Å²) in [6.07, 6.45) is 2.63. The number of fused-ring (bicyclic) bond motifs is 1. The number of rotatable bonds is 5. The maximum atomic E-state index is 12.9. The highest BCUT2D eigenvalue weighted by Crippen LogP contribution is 2.22. The van der Waals surface area contributed by atoms with Gasteiger partial charge in [-0.1, -0.05) is 29.4 Å². The zero-order chi connectivity index (χ0) is 20.4. The topological polar surface area (TPSA) is 102 Å².